The summed E-state index contributed by atoms with van der Waals surface area (Å²) in [6.07, 6.45) is 8.14. The number of aromatic nitrogens is 2. The summed E-state index contributed by atoms with van der Waals surface area (Å²) in [5.74, 6) is 1.39. The Hall–Kier alpha value is -2.17. The van der Waals surface area contributed by atoms with E-state index in [0.717, 1.165) is 44.2 Å². The smallest absolute Gasteiger partial charge is 0.249 e. The van der Waals surface area contributed by atoms with Gasteiger partial charge >= 0.3 is 0 Å². The molecule has 1 aromatic heterocycles. The zero-order valence-electron chi connectivity index (χ0n) is 15.0. The number of benzene rings is 1. The minimum absolute atomic E-state index is 0.0719. The first-order valence-electron chi connectivity index (χ1n) is 9.48. The number of likely N-dealkylation sites (tertiary alicyclic amines) is 1. The predicted octanol–water partition coefficient (Wildman–Crippen LogP) is 4.76. The lowest BCUT2D eigenvalue weighted by Crippen LogP contribution is -2.38. The first kappa shape index (κ1) is 17.6. The van der Waals surface area contributed by atoms with Crippen LogP contribution in [0.2, 0.25) is 0 Å². The van der Waals surface area contributed by atoms with E-state index in [1.54, 1.807) is 0 Å². The number of piperidine rings is 1. The van der Waals surface area contributed by atoms with E-state index >= 15 is 0 Å². The van der Waals surface area contributed by atoms with Crippen LogP contribution in [-0.4, -0.2) is 27.5 Å². The molecule has 1 amide bonds. The highest BCUT2D eigenvalue weighted by Crippen LogP contribution is 2.31. The highest BCUT2D eigenvalue weighted by Gasteiger charge is 2.31. The van der Waals surface area contributed by atoms with Gasteiger partial charge in [-0.15, -0.1) is 0 Å². The zero-order chi connectivity index (χ0) is 17.5. The van der Waals surface area contributed by atoms with Crippen molar-refractivity contribution in [1.82, 2.24) is 15.0 Å². The summed E-state index contributed by atoms with van der Waals surface area (Å²) in [6, 6.07) is 9.73. The molecule has 1 aromatic carbocycles. The topological polar surface area (TPSA) is 59.2 Å². The maximum Gasteiger partial charge on any atom is 0.249 e. The van der Waals surface area contributed by atoms with E-state index in [1.807, 2.05) is 35.2 Å². The van der Waals surface area contributed by atoms with E-state index in [2.05, 4.69) is 17.1 Å². The molecule has 0 unspecified atom stereocenters. The maximum atomic E-state index is 12.7. The molecule has 5 heteroatoms. The molecule has 5 nitrogen and oxygen atoms in total. The Bertz CT molecular complexity index is 669. The van der Waals surface area contributed by atoms with Gasteiger partial charge in [0, 0.05) is 18.5 Å². The molecule has 25 heavy (non-hydrogen) atoms. The number of hydrogen-bond acceptors (Lipinski definition) is 4. The molecular formula is C20H27N3O2. The van der Waals surface area contributed by atoms with Gasteiger partial charge in [0.1, 0.15) is 6.04 Å². The second-order valence-corrected chi connectivity index (χ2v) is 6.73. The molecule has 0 N–H and O–H groups in total. The summed E-state index contributed by atoms with van der Waals surface area (Å²) in [5.41, 5.74) is 0.936. The van der Waals surface area contributed by atoms with Gasteiger partial charge < -0.3 is 9.42 Å². The van der Waals surface area contributed by atoms with E-state index in [-0.39, 0.29) is 11.9 Å². The summed E-state index contributed by atoms with van der Waals surface area (Å²) in [5, 5.41) is 4.12. The average Bonchev–Trinajstić information content (AvgIpc) is 3.16. The molecule has 0 spiro atoms. The number of nitrogens with zero attached hydrogens (tertiary/aromatic N) is 3. The van der Waals surface area contributed by atoms with Crippen LogP contribution in [0.1, 0.15) is 70.2 Å². The fourth-order valence-corrected chi connectivity index (χ4v) is 3.41. The lowest BCUT2D eigenvalue weighted by atomic mass is 10.0. The van der Waals surface area contributed by atoms with Crippen molar-refractivity contribution in [2.75, 3.05) is 6.54 Å². The van der Waals surface area contributed by atoms with Gasteiger partial charge in [0.25, 0.3) is 0 Å². The lowest BCUT2D eigenvalue weighted by molar-refractivity contribution is -0.135. The molecular weight excluding hydrogens is 314 g/mol. The van der Waals surface area contributed by atoms with Crippen LogP contribution in [0.25, 0.3) is 11.4 Å². The molecule has 0 bridgehead atoms. The molecule has 1 aliphatic rings. The largest absolute Gasteiger partial charge is 0.337 e. The summed E-state index contributed by atoms with van der Waals surface area (Å²) in [4.78, 5) is 19.2. The van der Waals surface area contributed by atoms with Crippen molar-refractivity contribution in [2.45, 2.75) is 64.3 Å². The number of carbonyl (C=O) groups is 1. The minimum Gasteiger partial charge on any atom is -0.337 e. The van der Waals surface area contributed by atoms with Crippen LogP contribution in [0.3, 0.4) is 0 Å². The number of unbranched alkanes of at least 4 members (excludes halogenated alkanes) is 3. The Morgan fingerprint density at radius 3 is 2.84 bits per heavy atom. The summed E-state index contributed by atoms with van der Waals surface area (Å²) >= 11 is 0. The van der Waals surface area contributed by atoms with E-state index < -0.39 is 0 Å². The van der Waals surface area contributed by atoms with Crippen molar-refractivity contribution in [3.63, 3.8) is 0 Å². The molecule has 2 heterocycles. The summed E-state index contributed by atoms with van der Waals surface area (Å²) in [7, 11) is 0. The Labute approximate surface area is 149 Å². The standard InChI is InChI=1S/C20H27N3O2/c1-2-3-4-8-14-18(24)23-15-10-9-13-17(23)20-21-19(22-25-20)16-11-6-5-7-12-16/h5-7,11-12,17H,2-4,8-10,13-15H2,1H3/t17-/m0/s1. The predicted molar refractivity (Wildman–Crippen MR) is 96.8 cm³/mol. The molecule has 3 rings (SSSR count). The first-order chi connectivity index (χ1) is 12.3. The van der Waals surface area contributed by atoms with E-state index in [1.165, 1.54) is 12.8 Å². The lowest BCUT2D eigenvalue weighted by Gasteiger charge is -2.33. The van der Waals surface area contributed by atoms with Crippen LogP contribution in [0.15, 0.2) is 34.9 Å². The van der Waals surface area contributed by atoms with Crippen LogP contribution in [0.5, 0.6) is 0 Å². The highest BCUT2D eigenvalue weighted by molar-refractivity contribution is 5.76. The van der Waals surface area contributed by atoms with Crippen LogP contribution in [0.4, 0.5) is 0 Å². The zero-order valence-corrected chi connectivity index (χ0v) is 15.0. The third-order valence-electron chi connectivity index (χ3n) is 4.83. The Morgan fingerprint density at radius 1 is 1.20 bits per heavy atom. The second-order valence-electron chi connectivity index (χ2n) is 6.73. The van der Waals surface area contributed by atoms with Gasteiger partial charge in [0.05, 0.1) is 0 Å². The van der Waals surface area contributed by atoms with Gasteiger partial charge in [-0.05, 0) is 25.7 Å². The van der Waals surface area contributed by atoms with Crippen LogP contribution in [-0.2, 0) is 4.79 Å². The number of carbonyl (C=O) groups excluding carboxylic acids is 1. The monoisotopic (exact) mass is 341 g/mol. The van der Waals surface area contributed by atoms with Gasteiger partial charge in [0.2, 0.25) is 17.6 Å². The third kappa shape index (κ3) is 4.47. The van der Waals surface area contributed by atoms with Crippen LogP contribution in [0, 0.1) is 0 Å². The van der Waals surface area contributed by atoms with Crippen molar-refractivity contribution >= 4 is 5.91 Å². The average molecular weight is 341 g/mol. The third-order valence-corrected chi connectivity index (χ3v) is 4.83. The van der Waals surface area contributed by atoms with Crippen molar-refractivity contribution in [1.29, 1.82) is 0 Å². The van der Waals surface area contributed by atoms with Crippen molar-refractivity contribution in [2.24, 2.45) is 0 Å². The van der Waals surface area contributed by atoms with Crippen molar-refractivity contribution < 1.29 is 9.32 Å². The number of hydrogen-bond donors (Lipinski definition) is 0. The molecule has 1 fully saturated rings. The summed E-state index contributed by atoms with van der Waals surface area (Å²) < 4.78 is 5.53. The molecule has 1 atom stereocenters. The molecule has 1 saturated heterocycles. The fourth-order valence-electron chi connectivity index (χ4n) is 3.41. The van der Waals surface area contributed by atoms with Gasteiger partial charge in [-0.3, -0.25) is 4.79 Å². The van der Waals surface area contributed by atoms with Gasteiger partial charge in [-0.2, -0.15) is 4.98 Å². The molecule has 134 valence electrons. The molecule has 0 aliphatic carbocycles. The molecule has 1 aliphatic heterocycles. The van der Waals surface area contributed by atoms with Crippen molar-refractivity contribution in [3.05, 3.63) is 36.2 Å². The highest BCUT2D eigenvalue weighted by atomic mass is 16.5. The summed E-state index contributed by atoms with van der Waals surface area (Å²) in [6.45, 7) is 2.97. The van der Waals surface area contributed by atoms with E-state index in [4.69, 9.17) is 4.52 Å². The van der Waals surface area contributed by atoms with Crippen LogP contribution < -0.4 is 0 Å². The second kappa shape index (κ2) is 8.79. The number of amides is 1. The Kier molecular flexibility index (Phi) is 6.20. The first-order valence-corrected chi connectivity index (χ1v) is 9.48. The van der Waals surface area contributed by atoms with E-state index in [9.17, 15) is 4.79 Å². The van der Waals surface area contributed by atoms with Gasteiger partial charge in [-0.25, -0.2) is 0 Å². The molecule has 0 radical (unpaired) electrons. The fraction of sp³-hybridized carbons (Fsp3) is 0.550. The Balaban J connectivity index is 1.68. The van der Waals surface area contributed by atoms with Crippen LogP contribution >= 0.6 is 0 Å². The maximum absolute atomic E-state index is 12.7. The number of rotatable bonds is 7. The minimum atomic E-state index is -0.0719. The molecule has 2 aromatic rings. The van der Waals surface area contributed by atoms with Gasteiger partial charge in [0.15, 0.2) is 0 Å². The normalized spacial score (nSPS) is 17.6. The Morgan fingerprint density at radius 2 is 2.04 bits per heavy atom. The van der Waals surface area contributed by atoms with Gasteiger partial charge in [-0.1, -0.05) is 61.7 Å². The molecule has 0 saturated carbocycles. The quantitative estimate of drug-likeness (QED) is 0.681. The SMILES string of the molecule is CCCCCCC(=O)N1CCCC[C@H]1c1nc(-c2ccccc2)no1. The van der Waals surface area contributed by atoms with E-state index in [0.29, 0.717) is 18.1 Å². The van der Waals surface area contributed by atoms with Crippen molar-refractivity contribution in [3.8, 4) is 11.4 Å².